The summed E-state index contributed by atoms with van der Waals surface area (Å²) >= 11 is 5.02. The number of hydrogen-bond acceptors (Lipinski definition) is 3. The highest BCUT2D eigenvalue weighted by Gasteiger charge is 2.11. The number of halogens is 2. The first-order chi connectivity index (χ1) is 8.66. The molecule has 1 aromatic heterocycles. The van der Waals surface area contributed by atoms with E-state index in [-0.39, 0.29) is 11.9 Å². The molecule has 0 fully saturated rings. The van der Waals surface area contributed by atoms with Crippen LogP contribution < -0.4 is 5.73 Å². The molecule has 1 heterocycles. The van der Waals surface area contributed by atoms with E-state index in [4.69, 9.17) is 5.73 Å². The lowest BCUT2D eigenvalue weighted by Gasteiger charge is -2.12. The van der Waals surface area contributed by atoms with Crippen LogP contribution in [0.3, 0.4) is 0 Å². The Morgan fingerprint density at radius 2 is 2.22 bits per heavy atom. The minimum absolute atomic E-state index is 0.336. The molecule has 2 N–H and O–H groups in total. The van der Waals surface area contributed by atoms with Crippen molar-refractivity contribution in [2.75, 3.05) is 5.75 Å². The van der Waals surface area contributed by atoms with Gasteiger partial charge >= 0.3 is 0 Å². The summed E-state index contributed by atoms with van der Waals surface area (Å²) < 4.78 is 14.5. The van der Waals surface area contributed by atoms with Crippen LogP contribution in [0.1, 0.15) is 11.6 Å². The largest absolute Gasteiger partial charge is 0.323 e. The maximum atomic E-state index is 13.5. The van der Waals surface area contributed by atoms with Gasteiger partial charge < -0.3 is 5.73 Å². The van der Waals surface area contributed by atoms with Gasteiger partial charge in [-0.15, -0.1) is 11.8 Å². The maximum Gasteiger partial charge on any atom is 0.146 e. The van der Waals surface area contributed by atoms with Gasteiger partial charge in [0.2, 0.25) is 0 Å². The zero-order chi connectivity index (χ0) is 13.0. The molecule has 5 heteroatoms. The van der Waals surface area contributed by atoms with E-state index in [0.29, 0.717) is 11.3 Å². The molecule has 0 aliphatic heterocycles. The maximum absolute atomic E-state index is 13.5. The van der Waals surface area contributed by atoms with Crippen LogP contribution in [0, 0.1) is 5.82 Å². The third kappa shape index (κ3) is 3.54. The van der Waals surface area contributed by atoms with E-state index < -0.39 is 0 Å². The average Bonchev–Trinajstić information content (AvgIpc) is 2.37. The number of pyridine rings is 1. The Labute approximate surface area is 118 Å². The van der Waals surface area contributed by atoms with Crippen LogP contribution in [0.15, 0.2) is 52.1 Å². The van der Waals surface area contributed by atoms with Crippen molar-refractivity contribution in [3.05, 3.63) is 58.6 Å². The molecule has 2 nitrogen and oxygen atoms in total. The van der Waals surface area contributed by atoms with E-state index in [1.54, 1.807) is 24.0 Å². The molecule has 94 valence electrons. The van der Waals surface area contributed by atoms with Crippen LogP contribution in [-0.4, -0.2) is 10.7 Å². The van der Waals surface area contributed by atoms with Gasteiger partial charge in [0.15, 0.2) is 0 Å². The van der Waals surface area contributed by atoms with E-state index in [2.05, 4.69) is 20.9 Å². The van der Waals surface area contributed by atoms with E-state index in [1.807, 2.05) is 24.3 Å². The molecule has 1 atom stereocenters. The fourth-order valence-corrected chi connectivity index (χ4v) is 3.01. The SMILES string of the molecule is NC(CSc1cccc(Br)c1)c1ccncc1F. The number of rotatable bonds is 4. The van der Waals surface area contributed by atoms with Crippen molar-refractivity contribution in [1.29, 1.82) is 0 Å². The van der Waals surface area contributed by atoms with Gasteiger partial charge in [-0.3, -0.25) is 4.98 Å². The molecule has 0 spiro atoms. The summed E-state index contributed by atoms with van der Waals surface area (Å²) in [4.78, 5) is 4.82. The second-order valence-corrected chi connectivity index (χ2v) is 5.78. The fraction of sp³-hybridized carbons (Fsp3) is 0.154. The van der Waals surface area contributed by atoms with Crippen molar-refractivity contribution in [2.45, 2.75) is 10.9 Å². The van der Waals surface area contributed by atoms with Gasteiger partial charge in [0.1, 0.15) is 5.82 Å². The van der Waals surface area contributed by atoms with Crippen molar-refractivity contribution < 1.29 is 4.39 Å². The van der Waals surface area contributed by atoms with Crippen LogP contribution in [-0.2, 0) is 0 Å². The van der Waals surface area contributed by atoms with Crippen LogP contribution in [0.2, 0.25) is 0 Å². The number of nitrogens with two attached hydrogens (primary N) is 1. The molecular weight excluding hydrogens is 315 g/mol. The minimum Gasteiger partial charge on any atom is -0.323 e. The van der Waals surface area contributed by atoms with Crippen LogP contribution in [0.25, 0.3) is 0 Å². The van der Waals surface area contributed by atoms with Gasteiger partial charge in [-0.2, -0.15) is 0 Å². The lowest BCUT2D eigenvalue weighted by atomic mass is 10.1. The minimum atomic E-state index is -0.347. The highest BCUT2D eigenvalue weighted by atomic mass is 79.9. The van der Waals surface area contributed by atoms with Gasteiger partial charge in [0.05, 0.1) is 6.20 Å². The van der Waals surface area contributed by atoms with Gasteiger partial charge in [0, 0.05) is 32.9 Å². The summed E-state index contributed by atoms with van der Waals surface area (Å²) in [6.45, 7) is 0. The van der Waals surface area contributed by atoms with E-state index in [0.717, 1.165) is 9.37 Å². The Bertz CT molecular complexity index is 536. The molecule has 2 aromatic rings. The second kappa shape index (κ2) is 6.31. The first-order valence-electron chi connectivity index (χ1n) is 5.40. The first-order valence-corrected chi connectivity index (χ1v) is 7.18. The zero-order valence-electron chi connectivity index (χ0n) is 9.51. The lowest BCUT2D eigenvalue weighted by Crippen LogP contribution is -2.14. The molecule has 2 rings (SSSR count). The molecule has 1 unspecified atom stereocenters. The van der Waals surface area contributed by atoms with Gasteiger partial charge in [-0.25, -0.2) is 4.39 Å². The molecule has 0 aliphatic carbocycles. The Balaban J connectivity index is 2.00. The molecule has 0 bridgehead atoms. The first kappa shape index (κ1) is 13.5. The predicted octanol–water partition coefficient (Wildman–Crippen LogP) is 3.78. The number of hydrogen-bond donors (Lipinski definition) is 1. The van der Waals surface area contributed by atoms with Crippen LogP contribution in [0.4, 0.5) is 4.39 Å². The van der Waals surface area contributed by atoms with E-state index in [9.17, 15) is 4.39 Å². The zero-order valence-corrected chi connectivity index (χ0v) is 11.9. The molecule has 0 radical (unpaired) electrons. The Kier molecular flexibility index (Phi) is 4.74. The normalized spacial score (nSPS) is 12.4. The summed E-state index contributed by atoms with van der Waals surface area (Å²) in [6, 6.07) is 9.24. The topological polar surface area (TPSA) is 38.9 Å². The van der Waals surface area contributed by atoms with Gasteiger partial charge in [-0.05, 0) is 24.3 Å². The van der Waals surface area contributed by atoms with Gasteiger partial charge in [0.25, 0.3) is 0 Å². The summed E-state index contributed by atoms with van der Waals surface area (Å²) in [5.74, 6) is 0.275. The third-order valence-electron chi connectivity index (χ3n) is 2.43. The molecule has 0 aliphatic rings. The third-order valence-corrected chi connectivity index (χ3v) is 4.04. The molecule has 1 aromatic carbocycles. The van der Waals surface area contributed by atoms with Crippen LogP contribution >= 0.6 is 27.7 Å². The lowest BCUT2D eigenvalue weighted by molar-refractivity contribution is 0.589. The number of thioether (sulfide) groups is 1. The van der Waals surface area contributed by atoms with Crippen LogP contribution in [0.5, 0.6) is 0 Å². The van der Waals surface area contributed by atoms with Crippen molar-refractivity contribution >= 4 is 27.7 Å². The number of aromatic nitrogens is 1. The smallest absolute Gasteiger partial charge is 0.146 e. The molecular formula is C13H12BrFN2S. The van der Waals surface area contributed by atoms with E-state index >= 15 is 0 Å². The summed E-state index contributed by atoms with van der Waals surface area (Å²) in [5, 5.41) is 0. The molecule has 0 saturated carbocycles. The molecule has 0 amide bonds. The standard InChI is InChI=1S/C13H12BrFN2S/c14-9-2-1-3-10(6-9)18-8-13(16)11-4-5-17-7-12(11)15/h1-7,13H,8,16H2. The number of benzene rings is 1. The van der Waals surface area contributed by atoms with Crippen molar-refractivity contribution in [3.63, 3.8) is 0 Å². The Hall–Kier alpha value is -0.910. The summed E-state index contributed by atoms with van der Waals surface area (Å²) in [6.07, 6.45) is 2.75. The summed E-state index contributed by atoms with van der Waals surface area (Å²) in [5.41, 5.74) is 6.49. The Morgan fingerprint density at radius 1 is 1.39 bits per heavy atom. The van der Waals surface area contributed by atoms with E-state index in [1.165, 1.54) is 6.20 Å². The fourth-order valence-electron chi connectivity index (χ4n) is 1.52. The predicted molar refractivity (Wildman–Crippen MR) is 76.0 cm³/mol. The Morgan fingerprint density at radius 3 is 2.94 bits per heavy atom. The second-order valence-electron chi connectivity index (χ2n) is 3.77. The summed E-state index contributed by atoms with van der Waals surface area (Å²) in [7, 11) is 0. The van der Waals surface area contributed by atoms with Crippen molar-refractivity contribution in [1.82, 2.24) is 4.98 Å². The molecule has 18 heavy (non-hydrogen) atoms. The van der Waals surface area contributed by atoms with Crippen molar-refractivity contribution in [3.8, 4) is 0 Å². The monoisotopic (exact) mass is 326 g/mol. The average molecular weight is 327 g/mol. The number of nitrogens with zero attached hydrogens (tertiary/aromatic N) is 1. The highest BCUT2D eigenvalue weighted by molar-refractivity contribution is 9.10. The van der Waals surface area contributed by atoms with Crippen molar-refractivity contribution in [2.24, 2.45) is 5.73 Å². The molecule has 0 saturated heterocycles. The highest BCUT2D eigenvalue weighted by Crippen LogP contribution is 2.26. The van der Waals surface area contributed by atoms with Gasteiger partial charge in [-0.1, -0.05) is 22.0 Å². The quantitative estimate of drug-likeness (QED) is 0.869.